The van der Waals surface area contributed by atoms with Gasteiger partial charge in [-0.3, -0.25) is 0 Å². The molecule has 2 heterocycles. The number of carbonyl (C=O) groups is 1. The third-order valence-electron chi connectivity index (χ3n) is 3.26. The quantitative estimate of drug-likeness (QED) is 0.863. The maximum Gasteiger partial charge on any atom is 0.352 e. The number of esters is 1. The van der Waals surface area contributed by atoms with E-state index >= 15 is 0 Å². The Morgan fingerprint density at radius 1 is 1.47 bits per heavy atom. The van der Waals surface area contributed by atoms with Crippen molar-refractivity contribution in [3.05, 3.63) is 4.88 Å². The molecule has 2 atom stereocenters. The lowest BCUT2D eigenvalue weighted by atomic mass is 9.92. The summed E-state index contributed by atoms with van der Waals surface area (Å²) in [6.45, 7) is 8.45. The van der Waals surface area contributed by atoms with Crippen LogP contribution in [0.4, 0.5) is 10.9 Å². The van der Waals surface area contributed by atoms with Gasteiger partial charge in [-0.2, -0.15) is 0 Å². The van der Waals surface area contributed by atoms with Gasteiger partial charge < -0.3 is 15.4 Å². The van der Waals surface area contributed by atoms with Gasteiger partial charge in [0, 0.05) is 13.1 Å². The first-order valence-corrected chi connectivity index (χ1v) is 7.51. The second-order valence-electron chi connectivity index (χ2n) is 5.28. The van der Waals surface area contributed by atoms with E-state index in [1.54, 1.807) is 6.92 Å². The predicted octanol–water partition coefficient (Wildman–Crippen LogP) is 2.38. The van der Waals surface area contributed by atoms with Gasteiger partial charge in [0.05, 0.1) is 6.61 Å². The molecule has 2 rings (SSSR count). The predicted molar refractivity (Wildman–Crippen MR) is 77.6 cm³/mol. The highest BCUT2D eigenvalue weighted by atomic mass is 32.1. The van der Waals surface area contributed by atoms with E-state index in [0.29, 0.717) is 34.3 Å². The summed E-state index contributed by atoms with van der Waals surface area (Å²) in [5.41, 5.74) is 5.76. The molecule has 0 bridgehead atoms. The van der Waals surface area contributed by atoms with Crippen molar-refractivity contribution in [1.82, 2.24) is 4.98 Å². The highest BCUT2D eigenvalue weighted by Crippen LogP contribution is 2.33. The molecule has 0 saturated carbocycles. The highest BCUT2D eigenvalue weighted by molar-refractivity contribution is 7.17. The molecule has 0 aliphatic carbocycles. The lowest BCUT2D eigenvalue weighted by Gasteiger charge is -2.35. The third kappa shape index (κ3) is 3.18. The number of carbonyl (C=O) groups excluding carboxylic acids is 1. The zero-order valence-corrected chi connectivity index (χ0v) is 12.5. The average Bonchev–Trinajstić information content (AvgIpc) is 2.70. The van der Waals surface area contributed by atoms with E-state index in [-0.39, 0.29) is 5.97 Å². The van der Waals surface area contributed by atoms with Crippen molar-refractivity contribution in [3.63, 3.8) is 0 Å². The average molecular weight is 283 g/mol. The highest BCUT2D eigenvalue weighted by Gasteiger charge is 2.28. The first kappa shape index (κ1) is 14.1. The van der Waals surface area contributed by atoms with Gasteiger partial charge in [0.25, 0.3) is 0 Å². The molecule has 0 spiro atoms. The number of piperidine rings is 1. The number of aromatic nitrogens is 1. The largest absolute Gasteiger partial charge is 0.462 e. The van der Waals surface area contributed by atoms with Crippen LogP contribution in [-0.4, -0.2) is 30.6 Å². The van der Waals surface area contributed by atoms with E-state index in [1.807, 2.05) is 0 Å². The number of nitrogens with zero attached hydrogens (tertiary/aromatic N) is 2. The molecule has 2 unspecified atom stereocenters. The lowest BCUT2D eigenvalue weighted by molar-refractivity contribution is 0.0532. The summed E-state index contributed by atoms with van der Waals surface area (Å²) >= 11 is 1.21. The molecule has 1 aromatic heterocycles. The number of thiazole rings is 1. The zero-order valence-electron chi connectivity index (χ0n) is 11.7. The molecule has 1 saturated heterocycles. The number of hydrogen-bond acceptors (Lipinski definition) is 6. The standard InChI is InChI=1S/C13H21N3O2S/c1-4-18-12(17)10-11(15-13(14)19-10)16-6-8(2)5-9(3)7-16/h8-9H,4-7H2,1-3H3,(H2,14,15). The maximum atomic E-state index is 12.0. The van der Waals surface area contributed by atoms with Crippen LogP contribution in [0.15, 0.2) is 0 Å². The van der Waals surface area contributed by atoms with Crippen molar-refractivity contribution in [1.29, 1.82) is 0 Å². The molecule has 19 heavy (non-hydrogen) atoms. The minimum Gasteiger partial charge on any atom is -0.462 e. The number of ether oxygens (including phenoxy) is 1. The van der Waals surface area contributed by atoms with Crippen LogP contribution in [0, 0.1) is 11.8 Å². The second-order valence-corrected chi connectivity index (χ2v) is 6.31. The Morgan fingerprint density at radius 3 is 2.68 bits per heavy atom. The molecule has 106 valence electrons. The Hall–Kier alpha value is -1.30. The monoisotopic (exact) mass is 283 g/mol. The summed E-state index contributed by atoms with van der Waals surface area (Å²) < 4.78 is 5.08. The van der Waals surface area contributed by atoms with Gasteiger partial charge in [-0.15, -0.1) is 0 Å². The minimum atomic E-state index is -0.322. The van der Waals surface area contributed by atoms with Gasteiger partial charge in [-0.05, 0) is 25.2 Å². The Bertz CT molecular complexity index is 451. The fourth-order valence-corrected chi connectivity index (χ4v) is 3.46. The van der Waals surface area contributed by atoms with E-state index in [0.717, 1.165) is 13.1 Å². The van der Waals surface area contributed by atoms with Crippen molar-refractivity contribution in [2.75, 3.05) is 30.3 Å². The fraction of sp³-hybridized carbons (Fsp3) is 0.692. The van der Waals surface area contributed by atoms with Crippen LogP contribution in [0.5, 0.6) is 0 Å². The topological polar surface area (TPSA) is 68.5 Å². The summed E-state index contributed by atoms with van der Waals surface area (Å²) in [5, 5.41) is 0.420. The number of rotatable bonds is 3. The third-order valence-corrected chi connectivity index (χ3v) is 4.11. The summed E-state index contributed by atoms with van der Waals surface area (Å²) in [6, 6.07) is 0. The number of nitrogens with two attached hydrogens (primary N) is 1. The second kappa shape index (κ2) is 5.77. The number of nitrogen functional groups attached to an aromatic ring is 1. The smallest absolute Gasteiger partial charge is 0.352 e. The number of anilines is 2. The minimum absolute atomic E-state index is 0.322. The molecule has 1 aromatic rings. The van der Waals surface area contributed by atoms with Gasteiger partial charge in [-0.1, -0.05) is 25.2 Å². The molecule has 1 aliphatic heterocycles. The van der Waals surface area contributed by atoms with Gasteiger partial charge >= 0.3 is 5.97 Å². The molecule has 2 N–H and O–H groups in total. The van der Waals surface area contributed by atoms with Crippen LogP contribution in [0.25, 0.3) is 0 Å². The summed E-state index contributed by atoms with van der Waals surface area (Å²) in [5.74, 6) is 1.57. The van der Waals surface area contributed by atoms with Crippen molar-refractivity contribution in [2.45, 2.75) is 27.2 Å². The number of hydrogen-bond donors (Lipinski definition) is 1. The molecule has 6 heteroatoms. The van der Waals surface area contributed by atoms with Crippen LogP contribution in [0.2, 0.25) is 0 Å². The fourth-order valence-electron chi connectivity index (χ4n) is 2.71. The molecule has 0 aromatic carbocycles. The van der Waals surface area contributed by atoms with Crippen LogP contribution >= 0.6 is 11.3 Å². The van der Waals surface area contributed by atoms with Crippen LogP contribution in [-0.2, 0) is 4.74 Å². The SMILES string of the molecule is CCOC(=O)c1sc(N)nc1N1CC(C)CC(C)C1. The Kier molecular flexibility index (Phi) is 4.29. The first-order chi connectivity index (χ1) is 9.01. The van der Waals surface area contributed by atoms with Crippen LogP contribution < -0.4 is 10.6 Å². The van der Waals surface area contributed by atoms with Gasteiger partial charge in [0.2, 0.25) is 0 Å². The Morgan fingerprint density at radius 2 is 2.11 bits per heavy atom. The van der Waals surface area contributed by atoms with Crippen LogP contribution in [0.3, 0.4) is 0 Å². The van der Waals surface area contributed by atoms with Crippen molar-refractivity contribution < 1.29 is 9.53 Å². The van der Waals surface area contributed by atoms with E-state index < -0.39 is 0 Å². The van der Waals surface area contributed by atoms with Crippen molar-refractivity contribution in [3.8, 4) is 0 Å². The zero-order chi connectivity index (χ0) is 14.0. The van der Waals surface area contributed by atoms with Gasteiger partial charge in [-0.25, -0.2) is 9.78 Å². The maximum absolute atomic E-state index is 12.0. The normalized spacial score (nSPS) is 23.4. The van der Waals surface area contributed by atoms with Crippen molar-refractivity contribution in [2.24, 2.45) is 11.8 Å². The van der Waals surface area contributed by atoms with E-state index in [1.165, 1.54) is 17.8 Å². The van der Waals surface area contributed by atoms with Gasteiger partial charge in [0.1, 0.15) is 0 Å². The summed E-state index contributed by atoms with van der Waals surface area (Å²) in [6.07, 6.45) is 1.21. The Labute approximate surface area is 117 Å². The van der Waals surface area contributed by atoms with Crippen LogP contribution in [0.1, 0.15) is 36.9 Å². The van der Waals surface area contributed by atoms with Crippen molar-refractivity contribution >= 4 is 28.3 Å². The molecule has 1 fully saturated rings. The molecule has 0 radical (unpaired) electrons. The molecule has 0 amide bonds. The Balaban J connectivity index is 2.26. The molecular weight excluding hydrogens is 262 g/mol. The lowest BCUT2D eigenvalue weighted by Crippen LogP contribution is -2.39. The molecular formula is C13H21N3O2S. The van der Waals surface area contributed by atoms with E-state index in [9.17, 15) is 4.79 Å². The van der Waals surface area contributed by atoms with E-state index in [2.05, 4.69) is 23.7 Å². The molecule has 5 nitrogen and oxygen atoms in total. The van der Waals surface area contributed by atoms with Gasteiger partial charge in [0.15, 0.2) is 15.8 Å². The molecule has 1 aliphatic rings. The first-order valence-electron chi connectivity index (χ1n) is 6.69. The summed E-state index contributed by atoms with van der Waals surface area (Å²) in [4.78, 5) is 19.0. The van der Waals surface area contributed by atoms with E-state index in [4.69, 9.17) is 10.5 Å². The summed E-state index contributed by atoms with van der Waals surface area (Å²) in [7, 11) is 0.